The first-order chi connectivity index (χ1) is 16.7. The van der Waals surface area contributed by atoms with E-state index in [-0.39, 0.29) is 35.8 Å². The molecule has 1 heterocycles. The molecule has 0 spiro atoms. The number of para-hydroxylation sites is 1. The van der Waals surface area contributed by atoms with Gasteiger partial charge in [0.25, 0.3) is 5.91 Å². The molecule has 2 N–H and O–H groups in total. The second kappa shape index (κ2) is 10.0. The van der Waals surface area contributed by atoms with E-state index in [1.165, 1.54) is 17.0 Å². The van der Waals surface area contributed by atoms with Crippen LogP contribution in [0.15, 0.2) is 78.9 Å². The maximum Gasteiger partial charge on any atom is 0.416 e. The SMILES string of the molecule is O=C(NCc1ccccc1)c1ccccc1NC(=O)[C@@H]1CC(=O)N(c2cccc(C(F)(F)F)c2)C1. The number of alkyl halides is 3. The number of amides is 3. The van der Waals surface area contributed by atoms with Crippen LogP contribution in [-0.2, 0) is 22.3 Å². The maximum atomic E-state index is 13.1. The standard InChI is InChI=1S/C26H22F3N3O3/c27-26(28,29)19-9-6-10-20(14-19)32-16-18(13-23(32)33)24(34)31-22-12-5-4-11-21(22)25(35)30-15-17-7-2-1-3-8-17/h1-12,14,18H,13,15-16H2,(H,30,35)(H,31,34)/t18-/m1/s1. The summed E-state index contributed by atoms with van der Waals surface area (Å²) in [7, 11) is 0. The Bertz CT molecular complexity index is 1250. The average molecular weight is 481 g/mol. The number of benzene rings is 3. The average Bonchev–Trinajstić information content (AvgIpc) is 3.25. The number of carbonyl (C=O) groups is 3. The molecule has 0 aromatic heterocycles. The van der Waals surface area contributed by atoms with E-state index in [4.69, 9.17) is 0 Å². The van der Waals surface area contributed by atoms with E-state index in [9.17, 15) is 27.6 Å². The number of hydrogen-bond acceptors (Lipinski definition) is 3. The van der Waals surface area contributed by atoms with E-state index < -0.39 is 29.5 Å². The molecule has 0 bridgehead atoms. The first-order valence-corrected chi connectivity index (χ1v) is 10.9. The van der Waals surface area contributed by atoms with Crippen LogP contribution in [0.1, 0.15) is 27.9 Å². The van der Waals surface area contributed by atoms with Crippen LogP contribution in [0.4, 0.5) is 24.5 Å². The molecule has 3 aromatic rings. The molecule has 6 nitrogen and oxygen atoms in total. The third-order valence-corrected chi connectivity index (χ3v) is 5.71. The highest BCUT2D eigenvalue weighted by atomic mass is 19.4. The van der Waals surface area contributed by atoms with Gasteiger partial charge in [0.05, 0.1) is 22.7 Å². The van der Waals surface area contributed by atoms with Crippen LogP contribution in [0.3, 0.4) is 0 Å². The van der Waals surface area contributed by atoms with Crippen molar-refractivity contribution >= 4 is 29.1 Å². The second-order valence-electron chi connectivity index (χ2n) is 8.16. The molecule has 35 heavy (non-hydrogen) atoms. The lowest BCUT2D eigenvalue weighted by Gasteiger charge is -2.18. The van der Waals surface area contributed by atoms with Gasteiger partial charge in [0, 0.05) is 25.2 Å². The van der Waals surface area contributed by atoms with Gasteiger partial charge in [-0.25, -0.2) is 0 Å². The summed E-state index contributed by atoms with van der Waals surface area (Å²) in [5.74, 6) is -2.09. The fourth-order valence-corrected chi connectivity index (χ4v) is 3.88. The molecule has 0 radical (unpaired) electrons. The number of nitrogens with zero attached hydrogens (tertiary/aromatic N) is 1. The predicted octanol–water partition coefficient (Wildman–Crippen LogP) is 4.63. The zero-order valence-electron chi connectivity index (χ0n) is 18.5. The van der Waals surface area contributed by atoms with E-state index in [1.54, 1.807) is 24.3 Å². The maximum absolute atomic E-state index is 13.1. The molecule has 3 aromatic carbocycles. The quantitative estimate of drug-likeness (QED) is 0.539. The fourth-order valence-electron chi connectivity index (χ4n) is 3.88. The first kappa shape index (κ1) is 24.0. The third-order valence-electron chi connectivity index (χ3n) is 5.71. The van der Waals surface area contributed by atoms with Gasteiger partial charge in [-0.15, -0.1) is 0 Å². The summed E-state index contributed by atoms with van der Waals surface area (Å²) in [6, 6.07) is 20.3. The Morgan fingerprint density at radius 3 is 2.40 bits per heavy atom. The van der Waals surface area contributed by atoms with Crippen molar-refractivity contribution in [1.82, 2.24) is 5.32 Å². The number of rotatable bonds is 6. The van der Waals surface area contributed by atoms with Crippen LogP contribution in [0.5, 0.6) is 0 Å². The van der Waals surface area contributed by atoms with Gasteiger partial charge < -0.3 is 15.5 Å². The van der Waals surface area contributed by atoms with Crippen LogP contribution in [-0.4, -0.2) is 24.3 Å². The van der Waals surface area contributed by atoms with Crippen molar-refractivity contribution in [2.45, 2.75) is 19.1 Å². The van der Waals surface area contributed by atoms with Crippen LogP contribution in [0.2, 0.25) is 0 Å². The van der Waals surface area contributed by atoms with E-state index >= 15 is 0 Å². The highest BCUT2D eigenvalue weighted by Gasteiger charge is 2.37. The molecule has 1 atom stereocenters. The molecule has 0 aliphatic carbocycles. The summed E-state index contributed by atoms with van der Waals surface area (Å²) in [6.07, 6.45) is -4.69. The molecule has 0 saturated carbocycles. The van der Waals surface area contributed by atoms with Crippen molar-refractivity contribution in [3.8, 4) is 0 Å². The minimum atomic E-state index is -4.54. The number of nitrogens with one attached hydrogen (secondary N) is 2. The molecule has 0 unspecified atom stereocenters. The van der Waals surface area contributed by atoms with E-state index in [2.05, 4.69) is 10.6 Å². The van der Waals surface area contributed by atoms with Crippen molar-refractivity contribution in [3.05, 3.63) is 95.6 Å². The topological polar surface area (TPSA) is 78.5 Å². The van der Waals surface area contributed by atoms with Crippen LogP contribution >= 0.6 is 0 Å². The van der Waals surface area contributed by atoms with Gasteiger partial charge in [0.1, 0.15) is 0 Å². The first-order valence-electron chi connectivity index (χ1n) is 10.9. The minimum absolute atomic E-state index is 0.0612. The lowest BCUT2D eigenvalue weighted by atomic mass is 10.1. The summed E-state index contributed by atoms with van der Waals surface area (Å²) < 4.78 is 39.2. The van der Waals surface area contributed by atoms with Crippen molar-refractivity contribution in [2.24, 2.45) is 5.92 Å². The van der Waals surface area contributed by atoms with Gasteiger partial charge in [-0.1, -0.05) is 48.5 Å². The Kier molecular flexibility index (Phi) is 6.86. The van der Waals surface area contributed by atoms with Gasteiger partial charge >= 0.3 is 6.18 Å². The summed E-state index contributed by atoms with van der Waals surface area (Å²) in [6.45, 7) is 0.249. The van der Waals surface area contributed by atoms with Gasteiger partial charge in [0.2, 0.25) is 11.8 Å². The molecule has 1 saturated heterocycles. The molecule has 1 aliphatic heterocycles. The normalized spacial score (nSPS) is 15.7. The van der Waals surface area contributed by atoms with E-state index in [0.717, 1.165) is 17.7 Å². The Labute approximate surface area is 199 Å². The largest absolute Gasteiger partial charge is 0.416 e. The molecule has 4 rings (SSSR count). The third kappa shape index (κ3) is 5.68. The number of carbonyl (C=O) groups excluding carboxylic acids is 3. The molecule has 180 valence electrons. The lowest BCUT2D eigenvalue weighted by molar-refractivity contribution is -0.137. The van der Waals surface area contributed by atoms with Gasteiger partial charge in [-0.05, 0) is 35.9 Å². The summed E-state index contributed by atoms with van der Waals surface area (Å²) in [4.78, 5) is 39.3. The fraction of sp³-hybridized carbons (Fsp3) is 0.192. The van der Waals surface area contributed by atoms with Crippen molar-refractivity contribution < 1.29 is 27.6 Å². The molecule has 9 heteroatoms. The van der Waals surface area contributed by atoms with Gasteiger partial charge in [-0.3, -0.25) is 14.4 Å². The zero-order valence-corrected chi connectivity index (χ0v) is 18.5. The van der Waals surface area contributed by atoms with Gasteiger partial charge in [-0.2, -0.15) is 13.2 Å². The Hall–Kier alpha value is -4.14. The molecular weight excluding hydrogens is 459 g/mol. The number of anilines is 2. The monoisotopic (exact) mass is 481 g/mol. The molecule has 1 fully saturated rings. The van der Waals surface area contributed by atoms with E-state index in [0.29, 0.717) is 6.54 Å². The summed E-state index contributed by atoms with van der Waals surface area (Å²) in [5.41, 5.74) is 0.678. The number of halogens is 3. The number of hydrogen-bond donors (Lipinski definition) is 2. The van der Waals surface area contributed by atoms with Crippen molar-refractivity contribution in [3.63, 3.8) is 0 Å². The zero-order chi connectivity index (χ0) is 25.0. The van der Waals surface area contributed by atoms with Crippen molar-refractivity contribution in [1.29, 1.82) is 0 Å². The summed E-state index contributed by atoms with van der Waals surface area (Å²) in [5, 5.41) is 5.51. The highest BCUT2D eigenvalue weighted by molar-refractivity contribution is 6.07. The lowest BCUT2D eigenvalue weighted by Crippen LogP contribution is -2.29. The molecule has 1 aliphatic rings. The molecule has 3 amide bonds. The van der Waals surface area contributed by atoms with Crippen LogP contribution < -0.4 is 15.5 Å². The highest BCUT2D eigenvalue weighted by Crippen LogP contribution is 2.33. The van der Waals surface area contributed by atoms with Crippen molar-refractivity contribution in [2.75, 3.05) is 16.8 Å². The van der Waals surface area contributed by atoms with E-state index in [1.807, 2.05) is 30.3 Å². The molecular formula is C26H22F3N3O3. The van der Waals surface area contributed by atoms with Crippen LogP contribution in [0, 0.1) is 5.92 Å². The Balaban J connectivity index is 1.43. The minimum Gasteiger partial charge on any atom is -0.348 e. The summed E-state index contributed by atoms with van der Waals surface area (Å²) >= 11 is 0. The van der Waals surface area contributed by atoms with Gasteiger partial charge in [0.15, 0.2) is 0 Å². The predicted molar refractivity (Wildman–Crippen MR) is 125 cm³/mol. The Morgan fingerprint density at radius 1 is 0.943 bits per heavy atom. The van der Waals surface area contributed by atoms with Crippen LogP contribution in [0.25, 0.3) is 0 Å². The smallest absolute Gasteiger partial charge is 0.348 e. The Morgan fingerprint density at radius 2 is 1.66 bits per heavy atom. The second-order valence-corrected chi connectivity index (χ2v) is 8.16.